The molecule has 118 valence electrons. The molecule has 2 aromatic rings. The summed E-state index contributed by atoms with van der Waals surface area (Å²) in [5, 5.41) is 13.4. The van der Waals surface area contributed by atoms with Gasteiger partial charge in [-0.1, -0.05) is 5.16 Å². The molecular weight excluding hydrogens is 282 g/mol. The fourth-order valence-corrected chi connectivity index (χ4v) is 2.63. The van der Waals surface area contributed by atoms with Crippen molar-refractivity contribution < 1.29 is 9.63 Å². The highest BCUT2D eigenvalue weighted by Gasteiger charge is 2.20. The Labute approximate surface area is 129 Å². The summed E-state index contributed by atoms with van der Waals surface area (Å²) < 4.78 is 5.33. The van der Waals surface area contributed by atoms with Crippen LogP contribution in [0.25, 0.3) is 11.4 Å². The molecule has 0 bridgehead atoms. The standard InChI is InChI=1S/C15H21N5O2/c1-12(21)10-19-5-7-20(8-6-19)11-14-17-15(18-22-14)13-3-2-4-16-9-13/h2-4,9,12,21H,5-8,10-11H2,1H3/t12-/m1/s1. The van der Waals surface area contributed by atoms with Crippen molar-refractivity contribution in [3.8, 4) is 11.4 Å². The molecule has 0 amide bonds. The van der Waals surface area contributed by atoms with Gasteiger partial charge in [-0.05, 0) is 19.1 Å². The number of hydrogen-bond donors (Lipinski definition) is 1. The van der Waals surface area contributed by atoms with Crippen LogP contribution in [0, 0.1) is 0 Å². The summed E-state index contributed by atoms with van der Waals surface area (Å²) >= 11 is 0. The van der Waals surface area contributed by atoms with Crippen LogP contribution in [0.5, 0.6) is 0 Å². The van der Waals surface area contributed by atoms with E-state index in [4.69, 9.17) is 4.52 Å². The lowest BCUT2D eigenvalue weighted by Gasteiger charge is -2.34. The molecule has 1 saturated heterocycles. The number of aliphatic hydroxyl groups excluding tert-OH is 1. The van der Waals surface area contributed by atoms with Crippen LogP contribution in [0.1, 0.15) is 12.8 Å². The van der Waals surface area contributed by atoms with Gasteiger partial charge in [0.15, 0.2) is 0 Å². The van der Waals surface area contributed by atoms with E-state index < -0.39 is 0 Å². The second kappa shape index (κ2) is 6.95. The Hall–Kier alpha value is -1.83. The van der Waals surface area contributed by atoms with Crippen LogP contribution in [-0.2, 0) is 6.54 Å². The molecule has 0 aromatic carbocycles. The molecular formula is C15H21N5O2. The van der Waals surface area contributed by atoms with Gasteiger partial charge in [-0.3, -0.25) is 14.8 Å². The Balaban J connectivity index is 1.54. The largest absolute Gasteiger partial charge is 0.392 e. The van der Waals surface area contributed by atoms with Gasteiger partial charge >= 0.3 is 0 Å². The van der Waals surface area contributed by atoms with Crippen LogP contribution in [0.3, 0.4) is 0 Å². The molecule has 1 fully saturated rings. The zero-order valence-corrected chi connectivity index (χ0v) is 12.7. The van der Waals surface area contributed by atoms with Gasteiger partial charge in [0.05, 0.1) is 12.6 Å². The summed E-state index contributed by atoms with van der Waals surface area (Å²) in [6.07, 6.45) is 3.17. The average Bonchev–Trinajstić information content (AvgIpc) is 2.98. The van der Waals surface area contributed by atoms with Crippen molar-refractivity contribution in [3.63, 3.8) is 0 Å². The number of hydrogen-bond acceptors (Lipinski definition) is 7. The topological polar surface area (TPSA) is 78.5 Å². The first-order valence-electron chi connectivity index (χ1n) is 7.56. The van der Waals surface area contributed by atoms with E-state index in [0.717, 1.165) is 38.3 Å². The molecule has 7 nitrogen and oxygen atoms in total. The molecule has 22 heavy (non-hydrogen) atoms. The molecule has 1 N–H and O–H groups in total. The predicted molar refractivity (Wildman–Crippen MR) is 80.9 cm³/mol. The Morgan fingerprint density at radius 2 is 2.05 bits per heavy atom. The highest BCUT2D eigenvalue weighted by Crippen LogP contribution is 2.15. The summed E-state index contributed by atoms with van der Waals surface area (Å²) in [5.41, 5.74) is 0.860. The van der Waals surface area contributed by atoms with E-state index in [0.29, 0.717) is 18.3 Å². The van der Waals surface area contributed by atoms with Crippen LogP contribution in [0.15, 0.2) is 29.0 Å². The van der Waals surface area contributed by atoms with E-state index in [2.05, 4.69) is 24.9 Å². The Kier molecular flexibility index (Phi) is 4.77. The van der Waals surface area contributed by atoms with E-state index in [1.165, 1.54) is 0 Å². The fraction of sp³-hybridized carbons (Fsp3) is 0.533. The van der Waals surface area contributed by atoms with Gasteiger partial charge < -0.3 is 9.63 Å². The van der Waals surface area contributed by atoms with Gasteiger partial charge in [0, 0.05) is 50.7 Å². The predicted octanol–water partition coefficient (Wildman–Crippen LogP) is 0.630. The third-order valence-corrected chi connectivity index (χ3v) is 3.73. The second-order valence-electron chi connectivity index (χ2n) is 5.68. The van der Waals surface area contributed by atoms with E-state index in [1.807, 2.05) is 19.1 Å². The quantitative estimate of drug-likeness (QED) is 0.868. The molecule has 0 radical (unpaired) electrons. The molecule has 3 heterocycles. The minimum absolute atomic E-state index is 0.274. The summed E-state index contributed by atoms with van der Waals surface area (Å²) in [7, 11) is 0. The van der Waals surface area contributed by atoms with Crippen LogP contribution in [-0.4, -0.2) is 68.9 Å². The molecule has 7 heteroatoms. The fourth-order valence-electron chi connectivity index (χ4n) is 2.63. The van der Waals surface area contributed by atoms with Crippen LogP contribution < -0.4 is 0 Å². The second-order valence-corrected chi connectivity index (χ2v) is 5.68. The summed E-state index contributed by atoms with van der Waals surface area (Å²) in [5.74, 6) is 1.21. The highest BCUT2D eigenvalue weighted by atomic mass is 16.5. The van der Waals surface area contributed by atoms with Crippen LogP contribution >= 0.6 is 0 Å². The van der Waals surface area contributed by atoms with Crippen molar-refractivity contribution >= 4 is 0 Å². The molecule has 0 saturated carbocycles. The first kappa shape index (κ1) is 15.1. The van der Waals surface area contributed by atoms with E-state index >= 15 is 0 Å². The van der Waals surface area contributed by atoms with Crippen molar-refractivity contribution in [3.05, 3.63) is 30.4 Å². The number of aromatic nitrogens is 3. The van der Waals surface area contributed by atoms with E-state index in [-0.39, 0.29) is 6.10 Å². The lowest BCUT2D eigenvalue weighted by atomic mass is 10.2. The van der Waals surface area contributed by atoms with Gasteiger partial charge in [-0.25, -0.2) is 0 Å². The number of β-amino-alcohol motifs (C(OH)–C–C–N with tert-alkyl or cyclic N) is 1. The maximum atomic E-state index is 9.42. The summed E-state index contributed by atoms with van der Waals surface area (Å²) in [6, 6.07) is 3.77. The monoisotopic (exact) mass is 303 g/mol. The first-order chi connectivity index (χ1) is 10.7. The van der Waals surface area contributed by atoms with Gasteiger partial charge in [-0.15, -0.1) is 0 Å². The number of pyridine rings is 1. The molecule has 1 aliphatic heterocycles. The van der Waals surface area contributed by atoms with Crippen molar-refractivity contribution in [2.75, 3.05) is 32.7 Å². The highest BCUT2D eigenvalue weighted by molar-refractivity contribution is 5.51. The lowest BCUT2D eigenvalue weighted by Crippen LogP contribution is -2.47. The SMILES string of the molecule is C[C@@H](O)CN1CCN(Cc2nc(-c3cccnc3)no2)CC1. The first-order valence-corrected chi connectivity index (χ1v) is 7.56. The molecule has 2 aromatic heterocycles. The molecule has 0 spiro atoms. The van der Waals surface area contributed by atoms with Gasteiger partial charge in [0.2, 0.25) is 11.7 Å². The van der Waals surface area contributed by atoms with Crippen molar-refractivity contribution in [2.24, 2.45) is 0 Å². The molecule has 3 rings (SSSR count). The lowest BCUT2D eigenvalue weighted by molar-refractivity contribution is 0.0737. The summed E-state index contributed by atoms with van der Waals surface area (Å²) in [6.45, 7) is 7.01. The van der Waals surface area contributed by atoms with Crippen molar-refractivity contribution in [2.45, 2.75) is 19.6 Å². The van der Waals surface area contributed by atoms with Crippen molar-refractivity contribution in [1.29, 1.82) is 0 Å². The summed E-state index contributed by atoms with van der Waals surface area (Å²) in [4.78, 5) is 13.1. The van der Waals surface area contributed by atoms with E-state index in [9.17, 15) is 5.11 Å². The number of piperazine rings is 1. The Bertz CT molecular complexity index is 579. The number of nitrogens with zero attached hydrogens (tertiary/aromatic N) is 5. The number of rotatable bonds is 5. The smallest absolute Gasteiger partial charge is 0.241 e. The Morgan fingerprint density at radius 1 is 1.27 bits per heavy atom. The molecule has 1 aliphatic rings. The van der Waals surface area contributed by atoms with Crippen LogP contribution in [0.4, 0.5) is 0 Å². The maximum Gasteiger partial charge on any atom is 0.241 e. The zero-order chi connectivity index (χ0) is 15.4. The van der Waals surface area contributed by atoms with Gasteiger partial charge in [0.25, 0.3) is 0 Å². The maximum absolute atomic E-state index is 9.42. The normalized spacial score (nSPS) is 18.5. The minimum Gasteiger partial charge on any atom is -0.392 e. The average molecular weight is 303 g/mol. The molecule has 1 atom stereocenters. The molecule has 0 aliphatic carbocycles. The zero-order valence-electron chi connectivity index (χ0n) is 12.7. The van der Waals surface area contributed by atoms with Crippen LogP contribution in [0.2, 0.25) is 0 Å². The third-order valence-electron chi connectivity index (χ3n) is 3.73. The van der Waals surface area contributed by atoms with Gasteiger partial charge in [0.1, 0.15) is 0 Å². The molecule has 0 unspecified atom stereocenters. The Morgan fingerprint density at radius 3 is 2.73 bits per heavy atom. The number of aliphatic hydroxyl groups is 1. The minimum atomic E-state index is -0.274. The third kappa shape index (κ3) is 3.88. The van der Waals surface area contributed by atoms with Crippen molar-refractivity contribution in [1.82, 2.24) is 24.9 Å². The van der Waals surface area contributed by atoms with E-state index in [1.54, 1.807) is 12.4 Å². The van der Waals surface area contributed by atoms with Gasteiger partial charge in [-0.2, -0.15) is 4.98 Å².